The average Bonchev–Trinajstić information content (AvgIpc) is 3.34. The molecule has 0 saturated heterocycles. The Morgan fingerprint density at radius 2 is 2.12 bits per heavy atom. The molecule has 6 nitrogen and oxygen atoms in total. The van der Waals surface area contributed by atoms with Gasteiger partial charge in [-0.25, -0.2) is 0 Å². The van der Waals surface area contributed by atoms with Crippen LogP contribution in [-0.2, 0) is 13.0 Å². The minimum Gasteiger partial charge on any atom is -0.461 e. The predicted molar refractivity (Wildman–Crippen MR) is 87.0 cm³/mol. The summed E-state index contributed by atoms with van der Waals surface area (Å²) in [5.41, 5.74) is 2.71. The molecule has 0 fully saturated rings. The van der Waals surface area contributed by atoms with Crippen LogP contribution in [0, 0.1) is 0 Å². The molecule has 1 aromatic carbocycles. The molecule has 1 aliphatic rings. The molecule has 1 aliphatic carbocycles. The lowest BCUT2D eigenvalue weighted by molar-refractivity contribution is 0.128. The second-order valence-electron chi connectivity index (χ2n) is 5.94. The topological polar surface area (TPSA) is 75.5 Å². The molecular weight excluding hydrogens is 306 g/mol. The standard InChI is InChI=1S/C18H19N3O3/c22-10-9-21(15-8-7-13-4-1-2-5-14(13)15)12-17-19-18(20-24-17)16-6-3-11-23-16/h1-6,11,15,22H,7-10,12H2. The first-order chi connectivity index (χ1) is 11.8. The number of furan rings is 1. The average molecular weight is 325 g/mol. The van der Waals surface area contributed by atoms with Gasteiger partial charge in [0.1, 0.15) is 0 Å². The number of benzene rings is 1. The lowest BCUT2D eigenvalue weighted by Crippen LogP contribution is -2.30. The summed E-state index contributed by atoms with van der Waals surface area (Å²) in [5.74, 6) is 1.56. The summed E-state index contributed by atoms with van der Waals surface area (Å²) in [6, 6.07) is 12.3. The minimum atomic E-state index is 0.0951. The van der Waals surface area contributed by atoms with E-state index >= 15 is 0 Å². The Kier molecular flexibility index (Phi) is 4.15. The molecule has 1 unspecified atom stereocenters. The molecule has 0 bridgehead atoms. The number of rotatable bonds is 6. The van der Waals surface area contributed by atoms with Crippen LogP contribution in [0.25, 0.3) is 11.6 Å². The third kappa shape index (κ3) is 2.86. The molecule has 1 N–H and O–H groups in total. The van der Waals surface area contributed by atoms with E-state index in [1.165, 1.54) is 11.1 Å². The van der Waals surface area contributed by atoms with Crippen LogP contribution in [0.15, 0.2) is 51.6 Å². The van der Waals surface area contributed by atoms with Crippen molar-refractivity contribution < 1.29 is 14.0 Å². The smallest absolute Gasteiger partial charge is 0.241 e. The van der Waals surface area contributed by atoms with Crippen molar-refractivity contribution in [3.63, 3.8) is 0 Å². The molecule has 2 aromatic heterocycles. The zero-order valence-corrected chi connectivity index (χ0v) is 13.3. The minimum absolute atomic E-state index is 0.0951. The zero-order chi connectivity index (χ0) is 16.4. The zero-order valence-electron chi connectivity index (χ0n) is 13.3. The fourth-order valence-corrected chi connectivity index (χ4v) is 3.39. The highest BCUT2D eigenvalue weighted by Gasteiger charge is 2.28. The van der Waals surface area contributed by atoms with Crippen LogP contribution in [0.2, 0.25) is 0 Å². The van der Waals surface area contributed by atoms with Crippen molar-refractivity contribution in [3.05, 3.63) is 59.7 Å². The number of hydrogen-bond acceptors (Lipinski definition) is 6. The van der Waals surface area contributed by atoms with Crippen LogP contribution in [0.5, 0.6) is 0 Å². The summed E-state index contributed by atoms with van der Waals surface area (Å²) in [6.07, 6.45) is 3.68. The number of fused-ring (bicyclic) bond motifs is 1. The molecule has 124 valence electrons. The molecule has 0 spiro atoms. The molecule has 1 atom stereocenters. The summed E-state index contributed by atoms with van der Waals surface area (Å²) in [5, 5.41) is 13.4. The number of nitrogens with zero attached hydrogens (tertiary/aromatic N) is 3. The fraction of sp³-hybridized carbons (Fsp3) is 0.333. The van der Waals surface area contributed by atoms with Crippen LogP contribution >= 0.6 is 0 Å². The second-order valence-corrected chi connectivity index (χ2v) is 5.94. The van der Waals surface area contributed by atoms with E-state index in [1.807, 2.05) is 0 Å². The van der Waals surface area contributed by atoms with Gasteiger partial charge in [-0.3, -0.25) is 4.90 Å². The van der Waals surface area contributed by atoms with E-state index in [1.54, 1.807) is 18.4 Å². The van der Waals surface area contributed by atoms with Gasteiger partial charge in [0.2, 0.25) is 11.7 Å². The molecule has 2 heterocycles. The Morgan fingerprint density at radius 3 is 2.96 bits per heavy atom. The van der Waals surface area contributed by atoms with Gasteiger partial charge in [-0.1, -0.05) is 29.4 Å². The van der Waals surface area contributed by atoms with Crippen LogP contribution in [0.3, 0.4) is 0 Å². The van der Waals surface area contributed by atoms with E-state index in [0.29, 0.717) is 30.6 Å². The van der Waals surface area contributed by atoms with Gasteiger partial charge in [0.25, 0.3) is 0 Å². The van der Waals surface area contributed by atoms with E-state index in [0.717, 1.165) is 12.8 Å². The van der Waals surface area contributed by atoms with Crippen LogP contribution in [-0.4, -0.2) is 33.3 Å². The van der Waals surface area contributed by atoms with Gasteiger partial charge >= 0.3 is 0 Å². The fourth-order valence-electron chi connectivity index (χ4n) is 3.39. The number of aryl methyl sites for hydroxylation is 1. The number of hydrogen-bond donors (Lipinski definition) is 1. The Hall–Kier alpha value is -2.44. The number of aromatic nitrogens is 2. The Balaban J connectivity index is 1.54. The van der Waals surface area contributed by atoms with E-state index in [-0.39, 0.29) is 12.6 Å². The first-order valence-corrected chi connectivity index (χ1v) is 8.14. The van der Waals surface area contributed by atoms with E-state index < -0.39 is 0 Å². The van der Waals surface area contributed by atoms with Crippen molar-refractivity contribution in [1.29, 1.82) is 0 Å². The van der Waals surface area contributed by atoms with Crippen molar-refractivity contribution >= 4 is 0 Å². The molecule has 4 rings (SSSR count). The molecule has 3 aromatic rings. The molecule has 6 heteroatoms. The van der Waals surface area contributed by atoms with Crippen LogP contribution in [0.1, 0.15) is 29.5 Å². The van der Waals surface area contributed by atoms with Crippen molar-refractivity contribution in [2.24, 2.45) is 0 Å². The molecule has 0 aliphatic heterocycles. The van der Waals surface area contributed by atoms with E-state index in [9.17, 15) is 5.11 Å². The first-order valence-electron chi connectivity index (χ1n) is 8.14. The van der Waals surface area contributed by atoms with Gasteiger partial charge in [0.15, 0.2) is 5.76 Å². The summed E-state index contributed by atoms with van der Waals surface area (Å²) >= 11 is 0. The lowest BCUT2D eigenvalue weighted by atomic mass is 10.1. The third-order valence-electron chi connectivity index (χ3n) is 4.48. The summed E-state index contributed by atoms with van der Waals surface area (Å²) in [6.45, 7) is 1.17. The highest BCUT2D eigenvalue weighted by molar-refractivity contribution is 5.44. The van der Waals surface area contributed by atoms with Crippen LogP contribution in [0.4, 0.5) is 0 Å². The van der Waals surface area contributed by atoms with Crippen molar-refractivity contribution in [3.8, 4) is 11.6 Å². The van der Waals surface area contributed by atoms with Crippen molar-refractivity contribution in [1.82, 2.24) is 15.0 Å². The maximum Gasteiger partial charge on any atom is 0.241 e. The van der Waals surface area contributed by atoms with Crippen LogP contribution < -0.4 is 0 Å². The highest BCUT2D eigenvalue weighted by Crippen LogP contribution is 2.36. The predicted octanol–water partition coefficient (Wildman–Crippen LogP) is 2.81. The molecule has 0 amide bonds. The largest absolute Gasteiger partial charge is 0.461 e. The van der Waals surface area contributed by atoms with Gasteiger partial charge in [-0.2, -0.15) is 4.98 Å². The maximum absolute atomic E-state index is 9.46. The van der Waals surface area contributed by atoms with Gasteiger partial charge in [0, 0.05) is 12.6 Å². The summed E-state index contributed by atoms with van der Waals surface area (Å²) in [7, 11) is 0. The Morgan fingerprint density at radius 1 is 1.21 bits per heavy atom. The van der Waals surface area contributed by atoms with E-state index in [4.69, 9.17) is 8.94 Å². The third-order valence-corrected chi connectivity index (χ3v) is 4.48. The van der Waals surface area contributed by atoms with Gasteiger partial charge in [-0.15, -0.1) is 0 Å². The van der Waals surface area contributed by atoms with Crippen molar-refractivity contribution in [2.75, 3.05) is 13.2 Å². The number of aliphatic hydroxyl groups is 1. The molecule has 0 radical (unpaired) electrons. The first kappa shape index (κ1) is 15.1. The summed E-state index contributed by atoms with van der Waals surface area (Å²) < 4.78 is 10.7. The SMILES string of the molecule is OCCN(Cc1nc(-c2ccco2)no1)C1CCc2ccccc21. The Bertz CT molecular complexity index is 797. The van der Waals surface area contributed by atoms with Gasteiger partial charge < -0.3 is 14.0 Å². The Labute approximate surface area is 139 Å². The van der Waals surface area contributed by atoms with Gasteiger partial charge in [-0.05, 0) is 36.1 Å². The molecule has 24 heavy (non-hydrogen) atoms. The monoisotopic (exact) mass is 325 g/mol. The number of aliphatic hydroxyl groups excluding tert-OH is 1. The second kappa shape index (κ2) is 6.59. The van der Waals surface area contributed by atoms with Gasteiger partial charge in [0.05, 0.1) is 19.4 Å². The summed E-state index contributed by atoms with van der Waals surface area (Å²) in [4.78, 5) is 6.61. The maximum atomic E-state index is 9.46. The molecule has 0 saturated carbocycles. The molecular formula is C18H19N3O3. The normalized spacial score (nSPS) is 16.7. The van der Waals surface area contributed by atoms with Crippen molar-refractivity contribution in [2.45, 2.75) is 25.4 Å². The quantitative estimate of drug-likeness (QED) is 0.751. The highest BCUT2D eigenvalue weighted by atomic mass is 16.5. The lowest BCUT2D eigenvalue weighted by Gasteiger charge is -2.27. The van der Waals surface area contributed by atoms with E-state index in [2.05, 4.69) is 39.3 Å².